The molecule has 21 heavy (non-hydrogen) atoms. The van der Waals surface area contributed by atoms with Gasteiger partial charge in [0, 0.05) is 30.1 Å². The topological polar surface area (TPSA) is 28.2 Å². The van der Waals surface area contributed by atoms with Gasteiger partial charge in [0.25, 0.3) is 0 Å². The highest BCUT2D eigenvalue weighted by atomic mass is 32.1. The van der Waals surface area contributed by atoms with Crippen LogP contribution in [0.1, 0.15) is 61.5 Å². The summed E-state index contributed by atoms with van der Waals surface area (Å²) in [5, 5.41) is 5.38. The van der Waals surface area contributed by atoms with E-state index in [1.54, 1.807) is 4.88 Å². The Morgan fingerprint density at radius 2 is 2.10 bits per heavy atom. The first-order chi connectivity index (χ1) is 10.2. The maximum Gasteiger partial charge on any atom is 0.115 e. The Balaban J connectivity index is 1.64. The van der Waals surface area contributed by atoms with Gasteiger partial charge in [-0.1, -0.05) is 0 Å². The van der Waals surface area contributed by atoms with E-state index in [1.165, 1.54) is 62.2 Å². The van der Waals surface area contributed by atoms with Crippen LogP contribution < -0.4 is 5.32 Å². The van der Waals surface area contributed by atoms with Crippen molar-refractivity contribution in [3.05, 3.63) is 15.6 Å². The molecule has 1 saturated heterocycles. The monoisotopic (exact) mass is 305 g/mol. The van der Waals surface area contributed by atoms with Gasteiger partial charge in [-0.25, -0.2) is 4.98 Å². The number of fused-ring (bicyclic) bond motifs is 1. The van der Waals surface area contributed by atoms with Crippen molar-refractivity contribution in [2.24, 2.45) is 0 Å². The first-order valence-electron chi connectivity index (χ1n) is 8.67. The minimum absolute atomic E-state index is 0.146. The quantitative estimate of drug-likeness (QED) is 0.926. The molecule has 3 aliphatic rings. The number of nitrogens with one attached hydrogen (secondary N) is 1. The van der Waals surface area contributed by atoms with Gasteiger partial charge in [-0.15, -0.1) is 11.3 Å². The molecule has 1 atom stereocenters. The van der Waals surface area contributed by atoms with Crippen LogP contribution in [-0.2, 0) is 18.4 Å². The first kappa shape index (κ1) is 14.2. The number of nitrogens with zero attached hydrogens (tertiary/aromatic N) is 2. The standard InChI is InChI=1S/C17H27N3S/c1-12(2)20-10-9-17(11-20,19-13-7-8-13)16-18-14-5-3-4-6-15(14)21-16/h12-13,19H,3-11H2,1-2H3. The van der Waals surface area contributed by atoms with Crippen molar-refractivity contribution in [1.29, 1.82) is 0 Å². The largest absolute Gasteiger partial charge is 0.301 e. The smallest absolute Gasteiger partial charge is 0.115 e. The molecule has 0 spiro atoms. The van der Waals surface area contributed by atoms with Crippen LogP contribution in [0.4, 0.5) is 0 Å². The van der Waals surface area contributed by atoms with Crippen molar-refractivity contribution in [2.75, 3.05) is 13.1 Å². The fraction of sp³-hybridized carbons (Fsp3) is 0.824. The molecule has 0 amide bonds. The summed E-state index contributed by atoms with van der Waals surface area (Å²) in [6.45, 7) is 7.00. The number of thiazole rings is 1. The highest BCUT2D eigenvalue weighted by Gasteiger charge is 2.46. The number of aromatic nitrogens is 1. The SMILES string of the molecule is CC(C)N1CCC(NC2CC2)(c2nc3c(s2)CCCC3)C1. The van der Waals surface area contributed by atoms with Crippen LogP contribution in [0.25, 0.3) is 0 Å². The lowest BCUT2D eigenvalue weighted by Gasteiger charge is -2.30. The summed E-state index contributed by atoms with van der Waals surface area (Å²) in [5.41, 5.74) is 1.56. The van der Waals surface area contributed by atoms with Crippen LogP contribution >= 0.6 is 11.3 Å². The fourth-order valence-electron chi connectivity index (χ4n) is 3.81. The van der Waals surface area contributed by atoms with Crippen LogP contribution in [-0.4, -0.2) is 35.1 Å². The van der Waals surface area contributed by atoms with Gasteiger partial charge >= 0.3 is 0 Å². The zero-order valence-electron chi connectivity index (χ0n) is 13.3. The minimum atomic E-state index is 0.146. The molecule has 0 bridgehead atoms. The Morgan fingerprint density at radius 1 is 1.29 bits per heavy atom. The van der Waals surface area contributed by atoms with Gasteiger partial charge in [0.1, 0.15) is 5.01 Å². The lowest BCUT2D eigenvalue weighted by molar-refractivity contribution is 0.238. The lowest BCUT2D eigenvalue weighted by atomic mass is 9.98. The van der Waals surface area contributed by atoms with E-state index in [2.05, 4.69) is 24.1 Å². The normalized spacial score (nSPS) is 30.0. The number of hydrogen-bond donors (Lipinski definition) is 1. The zero-order valence-corrected chi connectivity index (χ0v) is 14.1. The van der Waals surface area contributed by atoms with Crippen LogP contribution in [0.5, 0.6) is 0 Å². The predicted octanol–water partition coefficient (Wildman–Crippen LogP) is 3.08. The highest BCUT2D eigenvalue weighted by molar-refractivity contribution is 7.11. The summed E-state index contributed by atoms with van der Waals surface area (Å²) >= 11 is 2.01. The molecule has 3 nitrogen and oxygen atoms in total. The summed E-state index contributed by atoms with van der Waals surface area (Å²) in [7, 11) is 0. The molecule has 2 fully saturated rings. The highest BCUT2D eigenvalue weighted by Crippen LogP contribution is 2.40. The van der Waals surface area contributed by atoms with Gasteiger partial charge < -0.3 is 5.32 Å². The molecule has 2 aliphatic carbocycles. The number of rotatable bonds is 4. The van der Waals surface area contributed by atoms with Gasteiger partial charge in [-0.3, -0.25) is 4.90 Å². The molecular weight excluding hydrogens is 278 g/mol. The number of likely N-dealkylation sites (tertiary alicyclic amines) is 1. The molecule has 1 aromatic heterocycles. The van der Waals surface area contributed by atoms with Crippen LogP contribution in [0.2, 0.25) is 0 Å². The fourth-order valence-corrected chi connectivity index (χ4v) is 5.13. The predicted molar refractivity (Wildman–Crippen MR) is 87.9 cm³/mol. The van der Waals surface area contributed by atoms with Crippen LogP contribution in [0.15, 0.2) is 0 Å². The van der Waals surface area contributed by atoms with E-state index in [4.69, 9.17) is 4.98 Å². The summed E-state index contributed by atoms with van der Waals surface area (Å²) in [5.74, 6) is 0. The molecule has 1 aliphatic heterocycles. The second-order valence-electron chi connectivity index (χ2n) is 7.41. The van der Waals surface area contributed by atoms with Crippen molar-refractivity contribution in [3.63, 3.8) is 0 Å². The van der Waals surface area contributed by atoms with Crippen LogP contribution in [0.3, 0.4) is 0 Å². The maximum absolute atomic E-state index is 5.11. The Kier molecular flexibility index (Phi) is 3.59. The van der Waals surface area contributed by atoms with E-state index in [1.807, 2.05) is 11.3 Å². The molecule has 116 valence electrons. The van der Waals surface area contributed by atoms with Gasteiger partial charge in [0.2, 0.25) is 0 Å². The molecular formula is C17H27N3S. The third kappa shape index (κ3) is 2.66. The molecule has 2 heterocycles. The molecule has 0 radical (unpaired) electrons. The van der Waals surface area contributed by atoms with E-state index in [0.717, 1.165) is 12.6 Å². The van der Waals surface area contributed by atoms with Crippen molar-refractivity contribution in [1.82, 2.24) is 15.2 Å². The second-order valence-corrected chi connectivity index (χ2v) is 8.49. The molecule has 0 aromatic carbocycles. The minimum Gasteiger partial charge on any atom is -0.301 e. The Morgan fingerprint density at radius 3 is 2.76 bits per heavy atom. The van der Waals surface area contributed by atoms with Gasteiger partial charge in [-0.2, -0.15) is 0 Å². The Bertz CT molecular complexity index is 497. The van der Waals surface area contributed by atoms with E-state index >= 15 is 0 Å². The summed E-state index contributed by atoms with van der Waals surface area (Å²) in [4.78, 5) is 9.31. The Labute approximate surface area is 132 Å². The van der Waals surface area contributed by atoms with E-state index in [0.29, 0.717) is 6.04 Å². The zero-order chi connectivity index (χ0) is 14.4. The van der Waals surface area contributed by atoms with E-state index in [-0.39, 0.29) is 5.54 Å². The lowest BCUT2D eigenvalue weighted by Crippen LogP contribution is -2.46. The van der Waals surface area contributed by atoms with Gasteiger partial charge in [-0.05, 0) is 58.8 Å². The van der Waals surface area contributed by atoms with Crippen molar-refractivity contribution in [2.45, 2.75) is 76.4 Å². The summed E-state index contributed by atoms with van der Waals surface area (Å²) in [6.07, 6.45) is 9.10. The molecule has 1 unspecified atom stereocenters. The molecule has 4 rings (SSSR count). The van der Waals surface area contributed by atoms with Crippen molar-refractivity contribution < 1.29 is 0 Å². The molecule has 1 saturated carbocycles. The van der Waals surface area contributed by atoms with E-state index in [9.17, 15) is 0 Å². The molecule has 1 N–H and O–H groups in total. The van der Waals surface area contributed by atoms with Gasteiger partial charge in [0.15, 0.2) is 0 Å². The number of aryl methyl sites for hydroxylation is 2. The molecule has 4 heteroatoms. The maximum atomic E-state index is 5.11. The summed E-state index contributed by atoms with van der Waals surface area (Å²) < 4.78 is 0. The van der Waals surface area contributed by atoms with Crippen molar-refractivity contribution in [3.8, 4) is 0 Å². The average molecular weight is 305 g/mol. The van der Waals surface area contributed by atoms with E-state index < -0.39 is 0 Å². The van der Waals surface area contributed by atoms with Crippen LogP contribution in [0, 0.1) is 0 Å². The molecule has 1 aromatic rings. The van der Waals surface area contributed by atoms with Crippen molar-refractivity contribution >= 4 is 11.3 Å². The second kappa shape index (κ2) is 5.32. The Hall–Kier alpha value is -0.450. The number of hydrogen-bond acceptors (Lipinski definition) is 4. The van der Waals surface area contributed by atoms with Gasteiger partial charge in [0.05, 0.1) is 11.2 Å². The first-order valence-corrected chi connectivity index (χ1v) is 9.49. The average Bonchev–Trinajstić information content (AvgIpc) is 3.02. The third-order valence-electron chi connectivity index (χ3n) is 5.34. The summed E-state index contributed by atoms with van der Waals surface area (Å²) in [6, 6.07) is 1.39. The third-order valence-corrected chi connectivity index (χ3v) is 6.70.